The highest BCUT2D eigenvalue weighted by Gasteiger charge is 2.06. The van der Waals surface area contributed by atoms with Crippen LogP contribution in [0.15, 0.2) is 24.3 Å². The highest BCUT2D eigenvalue weighted by Crippen LogP contribution is 2.14. The molecule has 0 bridgehead atoms. The lowest BCUT2D eigenvalue weighted by molar-refractivity contribution is -0.136. The molecule has 0 amide bonds. The molecule has 1 aromatic carbocycles. The van der Waals surface area contributed by atoms with Crippen LogP contribution in [0.5, 0.6) is 0 Å². The van der Waals surface area contributed by atoms with E-state index in [4.69, 9.17) is 10.2 Å². The van der Waals surface area contributed by atoms with Crippen molar-refractivity contribution in [3.05, 3.63) is 41.2 Å². The predicted octanol–water partition coefficient (Wildman–Crippen LogP) is 1.46. The molecule has 0 aromatic heterocycles. The molecule has 15 heavy (non-hydrogen) atoms. The van der Waals surface area contributed by atoms with Gasteiger partial charge in [0.1, 0.15) is 5.82 Å². The van der Waals surface area contributed by atoms with E-state index in [1.165, 1.54) is 24.3 Å². The minimum Gasteiger partial charge on any atom is -0.481 e. The fraction of sp³-hybridized carbons (Fsp3) is 0.182. The average molecular weight is 210 g/mol. The summed E-state index contributed by atoms with van der Waals surface area (Å²) in [7, 11) is 0. The summed E-state index contributed by atoms with van der Waals surface area (Å²) >= 11 is 0. The van der Waals surface area contributed by atoms with Crippen LogP contribution in [0.2, 0.25) is 0 Å². The highest BCUT2D eigenvalue weighted by atomic mass is 19.1. The number of carboxylic acid groups (broad SMARTS) is 1. The molecular formula is C11H11FO3. The van der Waals surface area contributed by atoms with E-state index in [0.29, 0.717) is 11.1 Å². The van der Waals surface area contributed by atoms with E-state index >= 15 is 0 Å². The molecule has 1 rings (SSSR count). The van der Waals surface area contributed by atoms with E-state index in [1.54, 1.807) is 6.08 Å². The Morgan fingerprint density at radius 2 is 2.20 bits per heavy atom. The first-order valence-electron chi connectivity index (χ1n) is 4.41. The molecule has 3 nitrogen and oxygen atoms in total. The Kier molecular flexibility index (Phi) is 4.00. The summed E-state index contributed by atoms with van der Waals surface area (Å²) in [5.74, 6) is -1.48. The van der Waals surface area contributed by atoms with Crippen molar-refractivity contribution in [1.82, 2.24) is 0 Å². The third-order valence-electron chi connectivity index (χ3n) is 1.85. The number of carbonyl (C=O) groups is 1. The van der Waals surface area contributed by atoms with Crippen molar-refractivity contribution in [1.29, 1.82) is 0 Å². The third kappa shape index (κ3) is 3.52. The van der Waals surface area contributed by atoms with Crippen molar-refractivity contribution in [3.63, 3.8) is 0 Å². The summed E-state index contributed by atoms with van der Waals surface area (Å²) in [6.07, 6.45) is 2.80. The number of aliphatic hydroxyl groups is 1. The average Bonchev–Trinajstić information content (AvgIpc) is 2.16. The summed E-state index contributed by atoms with van der Waals surface area (Å²) in [5.41, 5.74) is 1.00. The highest BCUT2D eigenvalue weighted by molar-refractivity contribution is 5.72. The molecule has 0 unspecified atom stereocenters. The first-order valence-corrected chi connectivity index (χ1v) is 4.41. The maximum atomic E-state index is 12.9. The van der Waals surface area contributed by atoms with Crippen LogP contribution in [0, 0.1) is 5.82 Å². The maximum absolute atomic E-state index is 12.9. The molecule has 80 valence electrons. The molecule has 0 aliphatic rings. The van der Waals surface area contributed by atoms with Crippen LogP contribution in [0.3, 0.4) is 0 Å². The molecule has 4 heteroatoms. The van der Waals surface area contributed by atoms with E-state index in [0.717, 1.165) is 0 Å². The Bertz CT molecular complexity index is 385. The van der Waals surface area contributed by atoms with Crippen LogP contribution in [0.4, 0.5) is 4.39 Å². The largest absolute Gasteiger partial charge is 0.481 e. The van der Waals surface area contributed by atoms with Crippen molar-refractivity contribution in [2.75, 3.05) is 6.61 Å². The Balaban J connectivity index is 3.02. The lowest BCUT2D eigenvalue weighted by Gasteiger charge is -2.03. The third-order valence-corrected chi connectivity index (χ3v) is 1.85. The Hall–Kier alpha value is -1.68. The number of aliphatic hydroxyl groups excluding tert-OH is 1. The van der Waals surface area contributed by atoms with E-state index in [9.17, 15) is 9.18 Å². The smallest absolute Gasteiger partial charge is 0.307 e. The Morgan fingerprint density at radius 1 is 1.47 bits per heavy atom. The first kappa shape index (κ1) is 11.4. The zero-order chi connectivity index (χ0) is 11.3. The van der Waals surface area contributed by atoms with Gasteiger partial charge in [0.15, 0.2) is 0 Å². The molecule has 0 saturated heterocycles. The molecular weight excluding hydrogens is 199 g/mol. The number of hydrogen-bond donors (Lipinski definition) is 2. The van der Waals surface area contributed by atoms with Gasteiger partial charge in [-0.1, -0.05) is 18.2 Å². The van der Waals surface area contributed by atoms with E-state index in [-0.39, 0.29) is 13.0 Å². The minimum absolute atomic E-state index is 0.135. The molecule has 0 aliphatic heterocycles. The fourth-order valence-electron chi connectivity index (χ4n) is 1.23. The molecule has 2 N–H and O–H groups in total. The number of aliphatic carboxylic acids is 1. The van der Waals surface area contributed by atoms with Gasteiger partial charge in [0.05, 0.1) is 13.0 Å². The summed E-state index contributed by atoms with van der Waals surface area (Å²) in [6.45, 7) is -0.135. The second kappa shape index (κ2) is 5.26. The van der Waals surface area contributed by atoms with Crippen LogP contribution in [0.1, 0.15) is 11.1 Å². The number of rotatable bonds is 4. The van der Waals surface area contributed by atoms with E-state index < -0.39 is 11.8 Å². The van der Waals surface area contributed by atoms with Crippen molar-refractivity contribution in [2.45, 2.75) is 6.42 Å². The Labute approximate surface area is 86.5 Å². The van der Waals surface area contributed by atoms with Crippen molar-refractivity contribution in [2.24, 2.45) is 0 Å². The standard InChI is InChI=1S/C11H11FO3/c12-10-4-3-8(2-1-5-13)9(6-10)7-11(14)15/h1-4,6,13H,5,7H2,(H,14,15). The molecule has 0 saturated carbocycles. The molecule has 0 aliphatic carbocycles. The second-order valence-corrected chi connectivity index (χ2v) is 3.00. The maximum Gasteiger partial charge on any atom is 0.307 e. The fourth-order valence-corrected chi connectivity index (χ4v) is 1.23. The monoisotopic (exact) mass is 210 g/mol. The SMILES string of the molecule is O=C(O)Cc1cc(F)ccc1C=CCO. The van der Waals surface area contributed by atoms with Crippen LogP contribution in [0.25, 0.3) is 6.08 Å². The van der Waals surface area contributed by atoms with Gasteiger partial charge in [0, 0.05) is 0 Å². The Morgan fingerprint density at radius 3 is 2.80 bits per heavy atom. The number of benzene rings is 1. The number of hydrogen-bond acceptors (Lipinski definition) is 2. The minimum atomic E-state index is -1.01. The van der Waals surface area contributed by atoms with Crippen molar-refractivity contribution in [3.8, 4) is 0 Å². The van der Waals surface area contributed by atoms with Gasteiger partial charge in [-0.05, 0) is 23.3 Å². The van der Waals surface area contributed by atoms with Crippen LogP contribution in [-0.4, -0.2) is 22.8 Å². The lowest BCUT2D eigenvalue weighted by atomic mass is 10.0. The van der Waals surface area contributed by atoms with E-state index in [2.05, 4.69) is 0 Å². The summed E-state index contributed by atoms with van der Waals surface area (Å²) in [6, 6.07) is 3.92. The van der Waals surface area contributed by atoms with Gasteiger partial charge >= 0.3 is 5.97 Å². The normalized spacial score (nSPS) is 10.8. The molecule has 0 fully saturated rings. The van der Waals surface area contributed by atoms with Gasteiger partial charge in [-0.25, -0.2) is 4.39 Å². The quantitative estimate of drug-likeness (QED) is 0.790. The zero-order valence-corrected chi connectivity index (χ0v) is 7.98. The summed E-state index contributed by atoms with van der Waals surface area (Å²) < 4.78 is 12.9. The van der Waals surface area contributed by atoms with Crippen LogP contribution < -0.4 is 0 Å². The number of carboxylic acids is 1. The van der Waals surface area contributed by atoms with Crippen LogP contribution in [-0.2, 0) is 11.2 Å². The van der Waals surface area contributed by atoms with Crippen molar-refractivity contribution < 1.29 is 19.4 Å². The van der Waals surface area contributed by atoms with Gasteiger partial charge in [0.2, 0.25) is 0 Å². The lowest BCUT2D eigenvalue weighted by Crippen LogP contribution is -2.02. The molecule has 0 atom stereocenters. The topological polar surface area (TPSA) is 57.5 Å². The predicted molar refractivity (Wildman–Crippen MR) is 53.9 cm³/mol. The second-order valence-electron chi connectivity index (χ2n) is 3.00. The van der Waals surface area contributed by atoms with E-state index in [1.807, 2.05) is 0 Å². The van der Waals surface area contributed by atoms with Crippen molar-refractivity contribution >= 4 is 12.0 Å². The first-order chi connectivity index (χ1) is 7.13. The van der Waals surface area contributed by atoms with Gasteiger partial charge in [-0.3, -0.25) is 4.79 Å². The molecule has 1 aromatic rings. The molecule has 0 radical (unpaired) electrons. The summed E-state index contributed by atoms with van der Waals surface area (Å²) in [5, 5.41) is 17.2. The molecule has 0 spiro atoms. The van der Waals surface area contributed by atoms with Gasteiger partial charge < -0.3 is 10.2 Å². The summed E-state index contributed by atoms with van der Waals surface area (Å²) in [4.78, 5) is 10.5. The van der Waals surface area contributed by atoms with Gasteiger partial charge in [-0.2, -0.15) is 0 Å². The van der Waals surface area contributed by atoms with Gasteiger partial charge in [0.25, 0.3) is 0 Å². The molecule has 0 heterocycles. The number of halogens is 1. The van der Waals surface area contributed by atoms with Gasteiger partial charge in [-0.15, -0.1) is 0 Å². The zero-order valence-electron chi connectivity index (χ0n) is 7.98. The van der Waals surface area contributed by atoms with Crippen LogP contribution >= 0.6 is 0 Å².